The van der Waals surface area contributed by atoms with Crippen molar-refractivity contribution in [2.45, 2.75) is 25.4 Å². The molecule has 1 aromatic heterocycles. The van der Waals surface area contributed by atoms with Crippen molar-refractivity contribution in [2.75, 3.05) is 0 Å². The van der Waals surface area contributed by atoms with Crippen LogP contribution in [0, 0.1) is 0 Å². The number of H-pyrrole nitrogens is 1. The first-order valence-corrected chi connectivity index (χ1v) is 4.78. The Balaban J connectivity index is 2.05. The fraction of sp³-hybridized carbons (Fsp3) is 0.400. The minimum Gasteiger partial charge on any atom is -0.331 e. The molecule has 0 spiro atoms. The summed E-state index contributed by atoms with van der Waals surface area (Å²) in [5.41, 5.74) is 1.40. The number of hydrogen-bond donors (Lipinski definition) is 1. The first-order valence-electron chi connectivity index (χ1n) is 4.78. The molecule has 1 aliphatic carbocycles. The van der Waals surface area contributed by atoms with E-state index < -0.39 is 0 Å². The summed E-state index contributed by atoms with van der Waals surface area (Å²) in [6.07, 6.45) is 3.74. The van der Waals surface area contributed by atoms with E-state index in [4.69, 9.17) is 0 Å². The number of nitrogens with one attached hydrogen (secondary N) is 1. The van der Waals surface area contributed by atoms with Crippen molar-refractivity contribution in [3.05, 3.63) is 33.7 Å². The lowest BCUT2D eigenvalue weighted by molar-refractivity contribution is 0.0766. The van der Waals surface area contributed by atoms with E-state index in [9.17, 15) is 9.59 Å². The molecule has 1 saturated carbocycles. The smallest absolute Gasteiger partial charge is 0.256 e. The average molecular weight is 190 g/mol. The molecule has 1 amide bonds. The van der Waals surface area contributed by atoms with E-state index in [-0.39, 0.29) is 11.5 Å². The molecule has 72 valence electrons. The van der Waals surface area contributed by atoms with Gasteiger partial charge >= 0.3 is 0 Å². The van der Waals surface area contributed by atoms with Crippen LogP contribution < -0.4 is 5.56 Å². The lowest BCUT2D eigenvalue weighted by Crippen LogP contribution is -2.25. The molecule has 14 heavy (non-hydrogen) atoms. The van der Waals surface area contributed by atoms with Crippen LogP contribution in [0.25, 0.3) is 0 Å². The number of fused-ring (bicyclic) bond motifs is 1. The lowest BCUT2D eigenvalue weighted by Gasteiger charge is -2.13. The summed E-state index contributed by atoms with van der Waals surface area (Å²) in [6, 6.07) is 1.94. The van der Waals surface area contributed by atoms with Crippen LogP contribution in [0.1, 0.15) is 28.8 Å². The van der Waals surface area contributed by atoms with Gasteiger partial charge in [-0.25, -0.2) is 0 Å². The van der Waals surface area contributed by atoms with Gasteiger partial charge in [-0.15, -0.1) is 0 Å². The minimum absolute atomic E-state index is 0.0683. The van der Waals surface area contributed by atoms with Crippen LogP contribution in [0.2, 0.25) is 0 Å². The summed E-state index contributed by atoms with van der Waals surface area (Å²) in [5.74, 6) is 0.0683. The van der Waals surface area contributed by atoms with Crippen molar-refractivity contribution in [2.24, 2.45) is 0 Å². The number of amides is 1. The molecule has 4 heteroatoms. The topological polar surface area (TPSA) is 53.2 Å². The molecule has 4 nitrogen and oxygen atoms in total. The molecule has 1 aromatic rings. The van der Waals surface area contributed by atoms with E-state index in [1.54, 1.807) is 0 Å². The Kier molecular flexibility index (Phi) is 1.37. The number of carbonyl (C=O) groups excluding carboxylic acids is 1. The summed E-state index contributed by atoms with van der Waals surface area (Å²) in [5, 5.41) is 0. The number of rotatable bonds is 1. The second kappa shape index (κ2) is 2.47. The molecule has 0 bridgehead atoms. The Hall–Kier alpha value is -1.58. The molecule has 1 fully saturated rings. The molecule has 1 aliphatic heterocycles. The highest BCUT2D eigenvalue weighted by Crippen LogP contribution is 2.33. The largest absolute Gasteiger partial charge is 0.331 e. The van der Waals surface area contributed by atoms with E-state index in [2.05, 4.69) is 4.98 Å². The Morgan fingerprint density at radius 2 is 2.14 bits per heavy atom. The predicted octanol–water partition coefficient (Wildman–Crippen LogP) is 0.493. The summed E-state index contributed by atoms with van der Waals surface area (Å²) < 4.78 is 0. The van der Waals surface area contributed by atoms with Gasteiger partial charge in [0.2, 0.25) is 5.56 Å². The van der Waals surface area contributed by atoms with E-state index in [0.717, 1.165) is 18.4 Å². The van der Waals surface area contributed by atoms with Gasteiger partial charge in [-0.05, 0) is 18.4 Å². The molecule has 2 aliphatic rings. The fourth-order valence-electron chi connectivity index (χ4n) is 1.93. The van der Waals surface area contributed by atoms with E-state index in [0.29, 0.717) is 18.2 Å². The quantitative estimate of drug-likeness (QED) is 0.700. The monoisotopic (exact) mass is 190 g/mol. The van der Waals surface area contributed by atoms with Crippen molar-refractivity contribution < 1.29 is 4.79 Å². The van der Waals surface area contributed by atoms with E-state index >= 15 is 0 Å². The lowest BCUT2D eigenvalue weighted by atomic mass is 10.2. The number of carbonyl (C=O) groups is 1. The number of nitrogens with zero attached hydrogens (tertiary/aromatic N) is 1. The summed E-state index contributed by atoms with van der Waals surface area (Å²) in [7, 11) is 0. The summed E-state index contributed by atoms with van der Waals surface area (Å²) in [4.78, 5) is 27.2. The van der Waals surface area contributed by atoms with Gasteiger partial charge in [-0.1, -0.05) is 0 Å². The van der Waals surface area contributed by atoms with Crippen molar-refractivity contribution in [3.8, 4) is 0 Å². The summed E-state index contributed by atoms with van der Waals surface area (Å²) >= 11 is 0. The van der Waals surface area contributed by atoms with Crippen LogP contribution >= 0.6 is 0 Å². The highest BCUT2D eigenvalue weighted by molar-refractivity contribution is 5.98. The van der Waals surface area contributed by atoms with E-state index in [1.807, 2.05) is 4.90 Å². The first kappa shape index (κ1) is 7.79. The number of aromatic amines is 1. The van der Waals surface area contributed by atoms with Crippen LogP contribution in [0.3, 0.4) is 0 Å². The number of aromatic nitrogens is 1. The molecular formula is C10H10N2O2. The number of hydrogen-bond acceptors (Lipinski definition) is 2. The van der Waals surface area contributed by atoms with Gasteiger partial charge in [0, 0.05) is 24.8 Å². The normalized spacial score (nSPS) is 20.0. The molecule has 0 unspecified atom stereocenters. The van der Waals surface area contributed by atoms with Gasteiger partial charge < -0.3 is 9.88 Å². The first-order chi connectivity index (χ1) is 6.75. The molecule has 0 aromatic carbocycles. The molecule has 0 radical (unpaired) electrons. The molecule has 2 heterocycles. The molecule has 0 atom stereocenters. The maximum Gasteiger partial charge on any atom is 0.256 e. The van der Waals surface area contributed by atoms with Crippen LogP contribution in [0.4, 0.5) is 0 Å². The van der Waals surface area contributed by atoms with Crippen LogP contribution in [0.15, 0.2) is 17.1 Å². The summed E-state index contributed by atoms with van der Waals surface area (Å²) in [6.45, 7) is 0.614. The van der Waals surface area contributed by atoms with Crippen molar-refractivity contribution in [1.82, 2.24) is 9.88 Å². The van der Waals surface area contributed by atoms with Crippen molar-refractivity contribution in [3.63, 3.8) is 0 Å². The zero-order chi connectivity index (χ0) is 9.71. The fourth-order valence-corrected chi connectivity index (χ4v) is 1.93. The van der Waals surface area contributed by atoms with Gasteiger partial charge in [0.15, 0.2) is 0 Å². The molecule has 3 rings (SSSR count). The van der Waals surface area contributed by atoms with Gasteiger partial charge in [0.25, 0.3) is 5.91 Å². The third-order valence-electron chi connectivity index (χ3n) is 2.83. The van der Waals surface area contributed by atoms with Crippen LogP contribution in [-0.2, 0) is 6.54 Å². The predicted molar refractivity (Wildman–Crippen MR) is 50.0 cm³/mol. The highest BCUT2D eigenvalue weighted by Gasteiger charge is 2.38. The minimum atomic E-state index is -0.130. The number of pyridine rings is 1. The van der Waals surface area contributed by atoms with Gasteiger partial charge in [0.05, 0.1) is 5.56 Å². The van der Waals surface area contributed by atoms with Crippen LogP contribution in [-0.4, -0.2) is 21.8 Å². The van der Waals surface area contributed by atoms with Crippen molar-refractivity contribution in [1.29, 1.82) is 0 Å². The van der Waals surface area contributed by atoms with Crippen molar-refractivity contribution >= 4 is 5.91 Å². The third-order valence-corrected chi connectivity index (χ3v) is 2.83. The van der Waals surface area contributed by atoms with Gasteiger partial charge in [-0.2, -0.15) is 0 Å². The second-order valence-electron chi connectivity index (χ2n) is 3.90. The average Bonchev–Trinajstić information content (AvgIpc) is 2.93. The SMILES string of the molecule is O=C1c2c[nH]c(=O)cc2CN1C1CC1. The third kappa shape index (κ3) is 0.999. The molecular weight excluding hydrogens is 180 g/mol. The van der Waals surface area contributed by atoms with Gasteiger partial charge in [-0.3, -0.25) is 9.59 Å². The molecule has 1 N–H and O–H groups in total. The Morgan fingerprint density at radius 3 is 2.86 bits per heavy atom. The standard InChI is InChI=1S/C10H10N2O2/c13-9-3-6-5-12(7-1-2-7)10(14)8(6)4-11-9/h3-4,7H,1-2,5H2,(H,11,13). The Bertz CT molecular complexity index is 459. The zero-order valence-electron chi connectivity index (χ0n) is 7.62. The zero-order valence-corrected chi connectivity index (χ0v) is 7.62. The maximum atomic E-state index is 11.8. The molecule has 0 saturated heterocycles. The Morgan fingerprint density at radius 1 is 1.36 bits per heavy atom. The maximum absolute atomic E-state index is 11.8. The Labute approximate surface area is 80.5 Å². The van der Waals surface area contributed by atoms with Gasteiger partial charge in [0.1, 0.15) is 0 Å². The highest BCUT2D eigenvalue weighted by atomic mass is 16.2. The van der Waals surface area contributed by atoms with Crippen LogP contribution in [0.5, 0.6) is 0 Å². The van der Waals surface area contributed by atoms with E-state index in [1.165, 1.54) is 12.3 Å². The second-order valence-corrected chi connectivity index (χ2v) is 3.90.